The van der Waals surface area contributed by atoms with Gasteiger partial charge in [0, 0.05) is 17.7 Å². The van der Waals surface area contributed by atoms with Crippen molar-refractivity contribution < 1.29 is 14.0 Å². The molecule has 1 amide bonds. The maximum Gasteiger partial charge on any atom is 0.252 e. The average molecular weight is 358 g/mol. The number of nitrogens with one attached hydrogen (secondary N) is 1. The number of benzene rings is 3. The van der Waals surface area contributed by atoms with Gasteiger partial charge in [0.05, 0.1) is 17.2 Å². The van der Waals surface area contributed by atoms with Crippen LogP contribution in [0.25, 0.3) is 0 Å². The number of ketones is 1. The molecule has 0 heterocycles. The Hall–Kier alpha value is -3.78. The average Bonchev–Trinajstić information content (AvgIpc) is 2.72. The van der Waals surface area contributed by atoms with E-state index in [0.717, 1.165) is 5.56 Å². The fourth-order valence-corrected chi connectivity index (χ4v) is 2.66. The monoisotopic (exact) mass is 358 g/mol. The zero-order valence-corrected chi connectivity index (χ0v) is 14.3. The van der Waals surface area contributed by atoms with E-state index in [4.69, 9.17) is 5.26 Å². The Labute approximate surface area is 155 Å². The highest BCUT2D eigenvalue weighted by Gasteiger charge is 2.18. The Morgan fingerprint density at radius 2 is 1.63 bits per heavy atom. The first kappa shape index (κ1) is 18.0. The van der Waals surface area contributed by atoms with E-state index in [-0.39, 0.29) is 23.5 Å². The van der Waals surface area contributed by atoms with Gasteiger partial charge in [-0.15, -0.1) is 0 Å². The molecule has 0 atom stereocenters. The van der Waals surface area contributed by atoms with E-state index in [2.05, 4.69) is 5.32 Å². The summed E-state index contributed by atoms with van der Waals surface area (Å²) >= 11 is 0. The summed E-state index contributed by atoms with van der Waals surface area (Å²) in [6.45, 7) is 0.230. The predicted molar refractivity (Wildman–Crippen MR) is 98.6 cm³/mol. The first-order valence-electron chi connectivity index (χ1n) is 8.25. The smallest absolute Gasteiger partial charge is 0.252 e. The molecule has 0 aliphatic heterocycles. The van der Waals surface area contributed by atoms with Gasteiger partial charge in [0.25, 0.3) is 5.91 Å². The molecule has 3 aromatic rings. The molecule has 0 fully saturated rings. The first-order valence-corrected chi connectivity index (χ1v) is 8.25. The van der Waals surface area contributed by atoms with Crippen molar-refractivity contribution in [1.29, 1.82) is 5.26 Å². The zero-order valence-electron chi connectivity index (χ0n) is 14.3. The van der Waals surface area contributed by atoms with Crippen LogP contribution in [0.3, 0.4) is 0 Å². The van der Waals surface area contributed by atoms with Crippen molar-refractivity contribution >= 4 is 11.7 Å². The first-order chi connectivity index (χ1) is 13.1. The second-order valence-electron chi connectivity index (χ2n) is 5.88. The van der Waals surface area contributed by atoms with Gasteiger partial charge >= 0.3 is 0 Å². The Morgan fingerprint density at radius 1 is 0.926 bits per heavy atom. The van der Waals surface area contributed by atoms with E-state index in [9.17, 15) is 14.0 Å². The fourth-order valence-electron chi connectivity index (χ4n) is 2.66. The zero-order chi connectivity index (χ0) is 19.2. The maximum absolute atomic E-state index is 13.1. The van der Waals surface area contributed by atoms with Crippen LogP contribution in [0.5, 0.6) is 0 Å². The number of nitrogens with zero attached hydrogens (tertiary/aromatic N) is 1. The molecule has 0 bridgehead atoms. The largest absolute Gasteiger partial charge is 0.348 e. The number of halogens is 1. The fraction of sp³-hybridized carbons (Fsp3) is 0.0455. The van der Waals surface area contributed by atoms with Crippen molar-refractivity contribution in [1.82, 2.24) is 5.32 Å². The van der Waals surface area contributed by atoms with Crippen LogP contribution in [0.1, 0.15) is 37.4 Å². The quantitative estimate of drug-likeness (QED) is 0.704. The van der Waals surface area contributed by atoms with Crippen molar-refractivity contribution in [2.24, 2.45) is 0 Å². The summed E-state index contributed by atoms with van der Waals surface area (Å²) in [5, 5.41) is 11.7. The Balaban J connectivity index is 1.80. The molecule has 3 rings (SSSR count). The van der Waals surface area contributed by atoms with E-state index in [1.165, 1.54) is 24.3 Å². The third kappa shape index (κ3) is 4.25. The molecule has 4 nitrogen and oxygen atoms in total. The molecule has 1 N–H and O–H groups in total. The molecule has 132 valence electrons. The topological polar surface area (TPSA) is 70.0 Å². The molecule has 0 aliphatic rings. The second-order valence-corrected chi connectivity index (χ2v) is 5.88. The van der Waals surface area contributed by atoms with Crippen LogP contribution < -0.4 is 5.32 Å². The maximum atomic E-state index is 13.1. The molecule has 0 aromatic heterocycles. The van der Waals surface area contributed by atoms with Gasteiger partial charge in [-0.1, -0.05) is 30.3 Å². The van der Waals surface area contributed by atoms with Crippen molar-refractivity contribution in [3.8, 4) is 6.07 Å². The van der Waals surface area contributed by atoms with Gasteiger partial charge in [0.1, 0.15) is 5.82 Å². The number of hydrogen-bond acceptors (Lipinski definition) is 3. The third-order valence-corrected chi connectivity index (χ3v) is 4.03. The van der Waals surface area contributed by atoms with E-state index in [1.54, 1.807) is 48.5 Å². The number of hydrogen-bond donors (Lipinski definition) is 1. The SMILES string of the molecule is N#Cc1cccc(CNC(=O)c2ccccc2C(=O)c2ccc(F)cc2)c1. The molecule has 3 aromatic carbocycles. The lowest BCUT2D eigenvalue weighted by Gasteiger charge is -2.10. The minimum atomic E-state index is -0.433. The van der Waals surface area contributed by atoms with Crippen molar-refractivity contribution in [2.75, 3.05) is 0 Å². The molecular formula is C22H15FN2O2. The summed E-state index contributed by atoms with van der Waals surface area (Å²) in [5.41, 5.74) is 2.08. The minimum Gasteiger partial charge on any atom is -0.348 e. The highest BCUT2D eigenvalue weighted by Crippen LogP contribution is 2.16. The lowest BCUT2D eigenvalue weighted by atomic mass is 9.98. The minimum absolute atomic E-state index is 0.230. The third-order valence-electron chi connectivity index (χ3n) is 4.03. The second kappa shape index (κ2) is 8.07. The van der Waals surface area contributed by atoms with Crippen LogP contribution in [0.15, 0.2) is 72.8 Å². The summed E-state index contributed by atoms with van der Waals surface area (Å²) in [7, 11) is 0. The normalized spacial score (nSPS) is 10.1. The van der Waals surface area contributed by atoms with Gasteiger partial charge in [0.15, 0.2) is 5.78 Å². The lowest BCUT2D eigenvalue weighted by molar-refractivity contribution is 0.0939. The predicted octanol–water partition coefficient (Wildman–Crippen LogP) is 3.86. The number of rotatable bonds is 5. The van der Waals surface area contributed by atoms with Crippen molar-refractivity contribution in [3.63, 3.8) is 0 Å². The highest BCUT2D eigenvalue weighted by molar-refractivity contribution is 6.15. The van der Waals surface area contributed by atoms with E-state index < -0.39 is 11.7 Å². The molecule has 0 saturated carbocycles. The van der Waals surface area contributed by atoms with Crippen LogP contribution in [0.4, 0.5) is 4.39 Å². The molecule has 0 saturated heterocycles. The van der Waals surface area contributed by atoms with Crippen LogP contribution in [0, 0.1) is 17.1 Å². The molecule has 0 unspecified atom stereocenters. The van der Waals surface area contributed by atoms with Crippen LogP contribution in [-0.2, 0) is 6.54 Å². The molecule has 27 heavy (non-hydrogen) atoms. The summed E-state index contributed by atoms with van der Waals surface area (Å²) in [5.74, 6) is -1.19. The molecular weight excluding hydrogens is 343 g/mol. The van der Waals surface area contributed by atoms with Crippen LogP contribution in [-0.4, -0.2) is 11.7 Å². The molecule has 0 aliphatic carbocycles. The van der Waals surface area contributed by atoms with E-state index in [1.807, 2.05) is 6.07 Å². The summed E-state index contributed by atoms with van der Waals surface area (Å²) in [6.07, 6.45) is 0. The standard InChI is InChI=1S/C22H15FN2O2/c23-18-10-8-17(9-11-18)21(26)19-6-1-2-7-20(19)22(27)25-14-16-5-3-4-15(12-16)13-24/h1-12H,14H2,(H,25,27). The number of nitriles is 1. The van der Waals surface area contributed by atoms with Gasteiger partial charge in [-0.3, -0.25) is 9.59 Å². The summed E-state index contributed by atoms with van der Waals surface area (Å²) < 4.78 is 13.1. The van der Waals surface area contributed by atoms with Gasteiger partial charge in [-0.25, -0.2) is 4.39 Å². The molecule has 0 radical (unpaired) electrons. The van der Waals surface area contributed by atoms with Crippen LogP contribution in [0.2, 0.25) is 0 Å². The lowest BCUT2D eigenvalue weighted by Crippen LogP contribution is -2.25. The number of carbonyl (C=O) groups is 2. The molecule has 0 spiro atoms. The van der Waals surface area contributed by atoms with E-state index in [0.29, 0.717) is 11.1 Å². The molecule has 5 heteroatoms. The van der Waals surface area contributed by atoms with Crippen LogP contribution >= 0.6 is 0 Å². The van der Waals surface area contributed by atoms with Crippen molar-refractivity contribution in [2.45, 2.75) is 6.54 Å². The summed E-state index contributed by atoms with van der Waals surface area (Å²) in [4.78, 5) is 25.3. The Kier molecular flexibility index (Phi) is 5.38. The van der Waals surface area contributed by atoms with Gasteiger partial charge in [-0.2, -0.15) is 5.26 Å². The number of carbonyl (C=O) groups excluding carboxylic acids is 2. The highest BCUT2D eigenvalue weighted by atomic mass is 19.1. The Morgan fingerprint density at radius 3 is 2.33 bits per heavy atom. The van der Waals surface area contributed by atoms with Gasteiger partial charge in [-0.05, 0) is 48.0 Å². The Bertz CT molecular complexity index is 1040. The van der Waals surface area contributed by atoms with Crippen molar-refractivity contribution in [3.05, 3.63) is 106 Å². The van der Waals surface area contributed by atoms with Gasteiger partial charge in [0.2, 0.25) is 0 Å². The van der Waals surface area contributed by atoms with E-state index >= 15 is 0 Å². The number of amides is 1. The van der Waals surface area contributed by atoms with Gasteiger partial charge < -0.3 is 5.32 Å². The summed E-state index contributed by atoms with van der Waals surface area (Å²) in [6, 6.07) is 20.6.